The molecule has 5 nitrogen and oxygen atoms in total. The lowest BCUT2D eigenvalue weighted by molar-refractivity contribution is -0.112. The van der Waals surface area contributed by atoms with E-state index in [1.54, 1.807) is 18.2 Å². The summed E-state index contributed by atoms with van der Waals surface area (Å²) in [5.41, 5.74) is 2.51. The molecule has 1 N–H and O–H groups in total. The van der Waals surface area contributed by atoms with E-state index < -0.39 is 5.82 Å². The molecule has 1 heterocycles. The molecule has 1 fully saturated rings. The van der Waals surface area contributed by atoms with Crippen molar-refractivity contribution in [1.29, 1.82) is 0 Å². The number of rotatable bonds is 7. The number of anilines is 1. The largest absolute Gasteiger partial charge is 0.379 e. The molecule has 0 aromatic heterocycles. The molecule has 0 radical (unpaired) electrons. The molecule has 0 spiro atoms. The number of nitrogens with zero attached hydrogens (tertiary/aromatic N) is 1. The molecule has 1 unspecified atom stereocenters. The number of ether oxygens (including phenoxy) is 1. The average molecular weight is 396 g/mol. The highest BCUT2D eigenvalue weighted by Crippen LogP contribution is 2.26. The number of aldehydes is 1. The van der Waals surface area contributed by atoms with Crippen LogP contribution in [0.25, 0.3) is 11.1 Å². The second kappa shape index (κ2) is 10.1. The maximum Gasteiger partial charge on any atom is 0.248 e. The Labute approximate surface area is 170 Å². The molecule has 29 heavy (non-hydrogen) atoms. The van der Waals surface area contributed by atoms with Crippen LogP contribution in [-0.2, 0) is 14.3 Å². The van der Waals surface area contributed by atoms with Gasteiger partial charge < -0.3 is 14.8 Å². The summed E-state index contributed by atoms with van der Waals surface area (Å²) in [6.07, 6.45) is 4.07. The van der Waals surface area contributed by atoms with Crippen LogP contribution in [0.5, 0.6) is 0 Å². The number of morpholine rings is 1. The molecular weight excluding hydrogens is 371 g/mol. The maximum absolute atomic E-state index is 14.5. The number of benzene rings is 2. The molecule has 2 aromatic rings. The second-order valence-corrected chi connectivity index (χ2v) is 7.05. The first-order valence-corrected chi connectivity index (χ1v) is 9.69. The van der Waals surface area contributed by atoms with Gasteiger partial charge in [-0.25, -0.2) is 4.39 Å². The molecule has 152 valence electrons. The van der Waals surface area contributed by atoms with Gasteiger partial charge >= 0.3 is 0 Å². The van der Waals surface area contributed by atoms with Gasteiger partial charge in [0, 0.05) is 31.6 Å². The fourth-order valence-electron chi connectivity index (χ4n) is 3.14. The lowest BCUT2D eigenvalue weighted by Gasteiger charge is -2.25. The number of nitrogens with one attached hydrogen (secondary N) is 1. The number of halogens is 1. The summed E-state index contributed by atoms with van der Waals surface area (Å²) in [5.74, 6) is -1.10. The van der Waals surface area contributed by atoms with Crippen LogP contribution in [0.15, 0.2) is 54.6 Å². The molecule has 6 heteroatoms. The smallest absolute Gasteiger partial charge is 0.248 e. The number of carbonyl (C=O) groups is 2. The van der Waals surface area contributed by atoms with Crippen molar-refractivity contribution in [3.05, 3.63) is 66.0 Å². The molecule has 0 aliphatic carbocycles. The molecule has 1 aliphatic rings. The summed E-state index contributed by atoms with van der Waals surface area (Å²) >= 11 is 0. The van der Waals surface area contributed by atoms with Crippen molar-refractivity contribution in [3.63, 3.8) is 0 Å². The SMILES string of the molecule is CC(C=O)c1cccc(-c2ccc(NC(=O)/C=C/CN3CCOCC3)c(F)c2)c1. The van der Waals surface area contributed by atoms with Crippen LogP contribution in [0, 0.1) is 5.82 Å². The van der Waals surface area contributed by atoms with Crippen LogP contribution >= 0.6 is 0 Å². The maximum atomic E-state index is 14.5. The molecule has 1 atom stereocenters. The van der Waals surface area contributed by atoms with E-state index in [-0.39, 0.29) is 17.5 Å². The molecule has 1 amide bonds. The fourth-order valence-corrected chi connectivity index (χ4v) is 3.14. The summed E-state index contributed by atoms with van der Waals surface area (Å²) < 4.78 is 19.8. The minimum Gasteiger partial charge on any atom is -0.379 e. The fraction of sp³-hybridized carbons (Fsp3) is 0.304. The van der Waals surface area contributed by atoms with Crippen molar-refractivity contribution < 1.29 is 18.7 Å². The van der Waals surface area contributed by atoms with Gasteiger partial charge in [0.2, 0.25) is 5.91 Å². The van der Waals surface area contributed by atoms with Crippen molar-refractivity contribution in [2.45, 2.75) is 12.8 Å². The Hall–Kier alpha value is -2.83. The summed E-state index contributed by atoms with van der Waals surface area (Å²) in [7, 11) is 0. The van der Waals surface area contributed by atoms with Gasteiger partial charge in [0.05, 0.1) is 18.9 Å². The van der Waals surface area contributed by atoms with Crippen molar-refractivity contribution in [3.8, 4) is 11.1 Å². The van der Waals surface area contributed by atoms with Gasteiger partial charge in [-0.3, -0.25) is 9.69 Å². The zero-order valence-electron chi connectivity index (χ0n) is 16.4. The zero-order chi connectivity index (χ0) is 20.6. The first kappa shape index (κ1) is 20.9. The Morgan fingerprint density at radius 3 is 2.69 bits per heavy atom. The molecule has 1 saturated heterocycles. The Kier molecular flexibility index (Phi) is 7.27. The van der Waals surface area contributed by atoms with E-state index in [4.69, 9.17) is 4.74 Å². The van der Waals surface area contributed by atoms with Crippen molar-refractivity contribution in [2.24, 2.45) is 0 Å². The van der Waals surface area contributed by atoms with E-state index in [9.17, 15) is 14.0 Å². The average Bonchev–Trinajstić information content (AvgIpc) is 2.75. The summed E-state index contributed by atoms with van der Waals surface area (Å²) in [6.45, 7) is 5.57. The monoisotopic (exact) mass is 396 g/mol. The first-order valence-electron chi connectivity index (χ1n) is 9.69. The normalized spacial score (nSPS) is 15.9. The zero-order valence-corrected chi connectivity index (χ0v) is 16.4. The number of hydrogen-bond donors (Lipinski definition) is 1. The minimum absolute atomic E-state index is 0.132. The number of hydrogen-bond acceptors (Lipinski definition) is 4. The van der Waals surface area contributed by atoms with Crippen LogP contribution in [0.4, 0.5) is 10.1 Å². The van der Waals surface area contributed by atoms with Gasteiger partial charge in [0.1, 0.15) is 12.1 Å². The van der Waals surface area contributed by atoms with Crippen LogP contribution < -0.4 is 5.32 Å². The van der Waals surface area contributed by atoms with Gasteiger partial charge in [-0.15, -0.1) is 0 Å². The molecular formula is C23H25FN2O3. The number of carbonyl (C=O) groups excluding carboxylic acids is 2. The summed E-state index contributed by atoms with van der Waals surface area (Å²) in [5, 5.41) is 2.58. The summed E-state index contributed by atoms with van der Waals surface area (Å²) in [6, 6.07) is 12.1. The topological polar surface area (TPSA) is 58.6 Å². The quantitative estimate of drug-likeness (QED) is 0.574. The van der Waals surface area contributed by atoms with Crippen molar-refractivity contribution in [2.75, 3.05) is 38.2 Å². The number of amides is 1. The van der Waals surface area contributed by atoms with Crippen LogP contribution in [0.3, 0.4) is 0 Å². The predicted molar refractivity (Wildman–Crippen MR) is 111 cm³/mol. The van der Waals surface area contributed by atoms with Crippen LogP contribution in [0.2, 0.25) is 0 Å². The van der Waals surface area contributed by atoms with Gasteiger partial charge in [0.25, 0.3) is 0 Å². The van der Waals surface area contributed by atoms with Crippen molar-refractivity contribution in [1.82, 2.24) is 4.90 Å². The molecule has 2 aromatic carbocycles. The molecule has 0 saturated carbocycles. The lowest BCUT2D eigenvalue weighted by Crippen LogP contribution is -2.36. The summed E-state index contributed by atoms with van der Waals surface area (Å²) in [4.78, 5) is 25.3. The highest BCUT2D eigenvalue weighted by Gasteiger charge is 2.10. The van der Waals surface area contributed by atoms with Gasteiger partial charge in [-0.05, 0) is 28.8 Å². The van der Waals surface area contributed by atoms with Gasteiger partial charge in [0.15, 0.2) is 0 Å². The minimum atomic E-state index is -0.508. The highest BCUT2D eigenvalue weighted by atomic mass is 19.1. The van der Waals surface area contributed by atoms with Crippen LogP contribution in [-0.4, -0.2) is 49.9 Å². The predicted octanol–water partition coefficient (Wildman–Crippen LogP) is 3.62. The first-order chi connectivity index (χ1) is 14.1. The third-order valence-corrected chi connectivity index (χ3v) is 4.91. The standard InChI is InChI=1S/C23H25FN2O3/c1-17(16-27)18-4-2-5-19(14-18)20-7-8-22(21(24)15-20)25-23(28)6-3-9-26-10-12-29-13-11-26/h2-8,14-17H,9-13H2,1H3,(H,25,28)/b6-3+. The van der Waals surface area contributed by atoms with E-state index in [1.165, 1.54) is 12.1 Å². The van der Waals surface area contributed by atoms with Gasteiger partial charge in [-0.1, -0.05) is 43.3 Å². The van der Waals surface area contributed by atoms with E-state index in [1.807, 2.05) is 31.2 Å². The Morgan fingerprint density at radius 1 is 1.21 bits per heavy atom. The van der Waals surface area contributed by atoms with E-state index >= 15 is 0 Å². The van der Waals surface area contributed by atoms with Crippen molar-refractivity contribution >= 4 is 17.9 Å². The second-order valence-electron chi connectivity index (χ2n) is 7.05. The third-order valence-electron chi connectivity index (χ3n) is 4.91. The molecule has 1 aliphatic heterocycles. The Morgan fingerprint density at radius 2 is 1.97 bits per heavy atom. The van der Waals surface area contributed by atoms with Crippen LogP contribution in [0.1, 0.15) is 18.4 Å². The van der Waals surface area contributed by atoms with E-state index in [0.717, 1.165) is 30.5 Å². The molecule has 3 rings (SSSR count). The van der Waals surface area contributed by atoms with E-state index in [0.29, 0.717) is 25.3 Å². The Balaban J connectivity index is 1.63. The van der Waals surface area contributed by atoms with Gasteiger partial charge in [-0.2, -0.15) is 0 Å². The lowest BCUT2D eigenvalue weighted by atomic mass is 9.97. The third kappa shape index (κ3) is 5.82. The Bertz CT molecular complexity index is 891. The highest BCUT2D eigenvalue weighted by molar-refractivity contribution is 5.99. The van der Waals surface area contributed by atoms with E-state index in [2.05, 4.69) is 10.2 Å². The molecule has 0 bridgehead atoms.